The summed E-state index contributed by atoms with van der Waals surface area (Å²) in [6.45, 7) is 3.18. The van der Waals surface area contributed by atoms with Crippen molar-refractivity contribution in [1.29, 1.82) is 0 Å². The number of aromatic nitrogens is 1. The minimum Gasteiger partial charge on any atom is -0.491 e. The summed E-state index contributed by atoms with van der Waals surface area (Å²) in [5.41, 5.74) is 0.966. The second kappa shape index (κ2) is 6.46. The summed E-state index contributed by atoms with van der Waals surface area (Å²) in [5, 5.41) is 10.1. The summed E-state index contributed by atoms with van der Waals surface area (Å²) in [6.07, 6.45) is 3.91. The monoisotopic (exact) mass is 319 g/mol. The molecule has 0 saturated carbocycles. The normalized spacial score (nSPS) is 17.6. The molecule has 3 rings (SSSR count). The largest absolute Gasteiger partial charge is 0.491 e. The van der Waals surface area contributed by atoms with Gasteiger partial charge in [0.15, 0.2) is 0 Å². The van der Waals surface area contributed by atoms with Crippen molar-refractivity contribution in [3.05, 3.63) is 34.8 Å². The molecule has 22 heavy (non-hydrogen) atoms. The molecule has 1 N–H and O–H groups in total. The number of nitrogens with zero attached hydrogens (tertiary/aromatic N) is 1. The molecule has 1 saturated heterocycles. The van der Waals surface area contributed by atoms with Crippen LogP contribution in [0.4, 0.5) is 0 Å². The van der Waals surface area contributed by atoms with Crippen LogP contribution < -0.4 is 4.74 Å². The molecule has 1 fully saturated rings. The fourth-order valence-electron chi connectivity index (χ4n) is 2.38. The Morgan fingerprint density at radius 1 is 1.50 bits per heavy atom. The van der Waals surface area contributed by atoms with Crippen LogP contribution in [0.3, 0.4) is 0 Å². The summed E-state index contributed by atoms with van der Waals surface area (Å²) < 4.78 is 11.3. The molecule has 0 unspecified atom stereocenters. The maximum Gasteiger partial charge on any atom is 0.335 e. The molecule has 1 aliphatic rings. The molecule has 2 heterocycles. The molecule has 116 valence electrons. The van der Waals surface area contributed by atoms with Gasteiger partial charge >= 0.3 is 5.97 Å². The Morgan fingerprint density at radius 2 is 2.36 bits per heavy atom. The molecule has 1 aromatic carbocycles. The van der Waals surface area contributed by atoms with Crippen LogP contribution in [0.15, 0.2) is 24.4 Å². The Morgan fingerprint density at radius 3 is 3.00 bits per heavy atom. The second-order valence-corrected chi connectivity index (χ2v) is 6.51. The van der Waals surface area contributed by atoms with E-state index in [1.54, 1.807) is 18.3 Å². The number of benzene rings is 1. The smallest absolute Gasteiger partial charge is 0.335 e. The quantitative estimate of drug-likeness (QED) is 0.915. The molecule has 6 heteroatoms. The molecule has 5 nitrogen and oxygen atoms in total. The van der Waals surface area contributed by atoms with E-state index < -0.39 is 5.97 Å². The summed E-state index contributed by atoms with van der Waals surface area (Å²) in [7, 11) is 0. The first-order valence-corrected chi connectivity index (χ1v) is 7.99. The van der Waals surface area contributed by atoms with E-state index in [2.05, 4.69) is 4.98 Å². The molecule has 0 spiro atoms. The van der Waals surface area contributed by atoms with Gasteiger partial charge in [0.25, 0.3) is 0 Å². The number of hydrogen-bond acceptors (Lipinski definition) is 5. The number of thiazole rings is 1. The minimum absolute atomic E-state index is 0.0963. The topological polar surface area (TPSA) is 68.7 Å². The Hall–Kier alpha value is -1.92. The molecule has 1 aromatic heterocycles. The van der Waals surface area contributed by atoms with Gasteiger partial charge in [-0.2, -0.15) is 0 Å². The van der Waals surface area contributed by atoms with Crippen molar-refractivity contribution < 1.29 is 19.4 Å². The zero-order chi connectivity index (χ0) is 15.5. The first-order valence-electron chi connectivity index (χ1n) is 7.17. The van der Waals surface area contributed by atoms with Gasteiger partial charge in [-0.15, -0.1) is 11.3 Å². The van der Waals surface area contributed by atoms with Crippen LogP contribution in [0, 0.1) is 6.92 Å². The van der Waals surface area contributed by atoms with Crippen LogP contribution in [0.5, 0.6) is 5.75 Å². The highest BCUT2D eigenvalue weighted by Crippen LogP contribution is 2.29. The molecule has 0 amide bonds. The van der Waals surface area contributed by atoms with Crippen LogP contribution in [-0.4, -0.2) is 35.4 Å². The first kappa shape index (κ1) is 15.0. The number of carboxylic acids is 1. The molecule has 2 aromatic rings. The lowest BCUT2D eigenvalue weighted by Gasteiger charge is -2.12. The molecular weight excluding hydrogens is 302 g/mol. The van der Waals surface area contributed by atoms with Crippen molar-refractivity contribution in [3.63, 3.8) is 0 Å². The number of aromatic carboxylic acids is 1. The molecular formula is C16H17NO4S. The highest BCUT2D eigenvalue weighted by atomic mass is 32.1. The zero-order valence-corrected chi connectivity index (χ0v) is 13.1. The maximum atomic E-state index is 11.3. The lowest BCUT2D eigenvalue weighted by molar-refractivity contribution is 0.0672. The fraction of sp³-hybridized carbons (Fsp3) is 0.375. The predicted octanol–water partition coefficient (Wildman–Crippen LogP) is 3.37. The van der Waals surface area contributed by atoms with Crippen molar-refractivity contribution in [1.82, 2.24) is 4.98 Å². The Kier molecular flexibility index (Phi) is 4.40. The van der Waals surface area contributed by atoms with Crippen LogP contribution in [-0.2, 0) is 4.74 Å². The van der Waals surface area contributed by atoms with E-state index in [-0.39, 0.29) is 11.7 Å². The Bertz CT molecular complexity index is 677. The van der Waals surface area contributed by atoms with Gasteiger partial charge in [0, 0.05) is 23.2 Å². The maximum absolute atomic E-state index is 11.3. The number of carboxylic acid groups (broad SMARTS) is 1. The van der Waals surface area contributed by atoms with Gasteiger partial charge < -0.3 is 14.6 Å². The molecule has 0 aliphatic carbocycles. The zero-order valence-electron chi connectivity index (χ0n) is 12.2. The van der Waals surface area contributed by atoms with Gasteiger partial charge in [-0.3, -0.25) is 0 Å². The highest BCUT2D eigenvalue weighted by Gasteiger charge is 2.17. The van der Waals surface area contributed by atoms with E-state index in [1.807, 2.05) is 13.0 Å². The molecule has 1 atom stereocenters. The van der Waals surface area contributed by atoms with Crippen molar-refractivity contribution in [3.8, 4) is 16.3 Å². The third kappa shape index (κ3) is 3.45. The SMILES string of the molecule is Cc1cnc(-c2cc(OC[C@@H]3CCCO3)cc(C(=O)O)c2)s1. The Balaban J connectivity index is 1.84. The highest BCUT2D eigenvalue weighted by molar-refractivity contribution is 7.14. The van der Waals surface area contributed by atoms with E-state index in [4.69, 9.17) is 9.47 Å². The lowest BCUT2D eigenvalue weighted by atomic mass is 10.1. The Labute approximate surface area is 132 Å². The van der Waals surface area contributed by atoms with Crippen LogP contribution >= 0.6 is 11.3 Å². The standard InChI is InChI=1S/C16H17NO4S/c1-10-8-17-15(22-10)11-5-12(16(18)19)7-14(6-11)21-9-13-3-2-4-20-13/h5-8,13H,2-4,9H2,1H3,(H,18,19)/t13-/m0/s1. The number of carbonyl (C=O) groups is 1. The molecule has 0 radical (unpaired) electrons. The number of hydrogen-bond donors (Lipinski definition) is 1. The van der Waals surface area contributed by atoms with Crippen molar-refractivity contribution in [2.45, 2.75) is 25.9 Å². The van der Waals surface area contributed by atoms with Crippen molar-refractivity contribution in [2.75, 3.05) is 13.2 Å². The minimum atomic E-state index is -0.975. The van der Waals surface area contributed by atoms with Gasteiger partial charge in [0.2, 0.25) is 0 Å². The summed E-state index contributed by atoms with van der Waals surface area (Å²) in [5.74, 6) is -0.435. The average molecular weight is 319 g/mol. The lowest BCUT2D eigenvalue weighted by Crippen LogP contribution is -2.16. The summed E-state index contributed by atoms with van der Waals surface area (Å²) >= 11 is 1.53. The number of aryl methyl sites for hydroxylation is 1. The van der Waals surface area contributed by atoms with E-state index in [0.717, 1.165) is 34.9 Å². The van der Waals surface area contributed by atoms with E-state index >= 15 is 0 Å². The van der Waals surface area contributed by atoms with Gasteiger partial charge in [0.1, 0.15) is 17.4 Å². The number of rotatable bonds is 5. The third-order valence-corrected chi connectivity index (χ3v) is 4.44. The van der Waals surface area contributed by atoms with Crippen LogP contribution in [0.2, 0.25) is 0 Å². The van der Waals surface area contributed by atoms with Gasteiger partial charge in [-0.05, 0) is 38.0 Å². The first-order chi connectivity index (χ1) is 10.6. The average Bonchev–Trinajstić information content (AvgIpc) is 3.16. The van der Waals surface area contributed by atoms with Gasteiger partial charge in [-0.1, -0.05) is 0 Å². The molecule has 1 aliphatic heterocycles. The summed E-state index contributed by atoms with van der Waals surface area (Å²) in [6, 6.07) is 5.00. The number of ether oxygens (including phenoxy) is 2. The van der Waals surface area contributed by atoms with Crippen molar-refractivity contribution in [2.24, 2.45) is 0 Å². The van der Waals surface area contributed by atoms with E-state index in [1.165, 1.54) is 11.3 Å². The summed E-state index contributed by atoms with van der Waals surface area (Å²) in [4.78, 5) is 16.7. The molecule has 0 bridgehead atoms. The predicted molar refractivity (Wildman–Crippen MR) is 83.7 cm³/mol. The van der Waals surface area contributed by atoms with Gasteiger partial charge in [-0.25, -0.2) is 9.78 Å². The van der Waals surface area contributed by atoms with E-state index in [9.17, 15) is 9.90 Å². The van der Waals surface area contributed by atoms with E-state index in [0.29, 0.717) is 12.4 Å². The van der Waals surface area contributed by atoms with Gasteiger partial charge in [0.05, 0.1) is 11.7 Å². The second-order valence-electron chi connectivity index (χ2n) is 5.27. The fourth-order valence-corrected chi connectivity index (χ4v) is 3.13. The third-order valence-electron chi connectivity index (χ3n) is 3.48. The van der Waals surface area contributed by atoms with Crippen LogP contribution in [0.1, 0.15) is 28.1 Å². The van der Waals surface area contributed by atoms with Crippen molar-refractivity contribution >= 4 is 17.3 Å². The van der Waals surface area contributed by atoms with Crippen LogP contribution in [0.25, 0.3) is 10.6 Å².